The first-order chi connectivity index (χ1) is 10.1. The summed E-state index contributed by atoms with van der Waals surface area (Å²) < 4.78 is 0. The molecular weight excluding hydrogens is 268 g/mol. The van der Waals surface area contributed by atoms with Gasteiger partial charge in [-0.25, -0.2) is 4.79 Å². The van der Waals surface area contributed by atoms with E-state index < -0.39 is 12.0 Å². The third-order valence-corrected chi connectivity index (χ3v) is 3.83. The first-order valence-electron chi connectivity index (χ1n) is 7.42. The van der Waals surface area contributed by atoms with Gasteiger partial charge in [0.25, 0.3) is 0 Å². The average molecular weight is 290 g/mol. The summed E-state index contributed by atoms with van der Waals surface area (Å²) in [7, 11) is 0. The fourth-order valence-corrected chi connectivity index (χ4v) is 2.62. The molecule has 0 aromatic heterocycles. The van der Waals surface area contributed by atoms with Crippen LogP contribution in [0.3, 0.4) is 0 Å². The summed E-state index contributed by atoms with van der Waals surface area (Å²) >= 11 is 0. The van der Waals surface area contributed by atoms with Gasteiger partial charge >= 0.3 is 5.97 Å². The third kappa shape index (κ3) is 5.19. The van der Waals surface area contributed by atoms with E-state index in [1.807, 2.05) is 30.3 Å². The molecular formula is C16H22N2O3. The topological polar surface area (TPSA) is 78.4 Å². The molecule has 0 radical (unpaired) electrons. The Kier molecular flexibility index (Phi) is 5.75. The Labute approximate surface area is 124 Å². The molecule has 0 saturated carbocycles. The summed E-state index contributed by atoms with van der Waals surface area (Å²) in [6.07, 6.45) is 2.44. The Hall–Kier alpha value is -1.88. The second-order valence-electron chi connectivity index (χ2n) is 5.55. The first-order valence-corrected chi connectivity index (χ1v) is 7.42. The molecule has 1 unspecified atom stereocenters. The molecule has 0 bridgehead atoms. The lowest BCUT2D eigenvalue weighted by molar-refractivity contribution is -0.142. The van der Waals surface area contributed by atoms with Crippen molar-refractivity contribution in [1.82, 2.24) is 10.6 Å². The summed E-state index contributed by atoms with van der Waals surface area (Å²) in [4.78, 5) is 23.2. The van der Waals surface area contributed by atoms with E-state index in [9.17, 15) is 14.7 Å². The number of carboxylic acids is 1. The van der Waals surface area contributed by atoms with Crippen LogP contribution >= 0.6 is 0 Å². The van der Waals surface area contributed by atoms with Crippen molar-refractivity contribution in [2.45, 2.75) is 31.7 Å². The molecule has 1 aromatic rings. The van der Waals surface area contributed by atoms with Crippen molar-refractivity contribution in [3.8, 4) is 0 Å². The van der Waals surface area contributed by atoms with E-state index in [-0.39, 0.29) is 5.91 Å². The zero-order chi connectivity index (χ0) is 15.1. The highest BCUT2D eigenvalue weighted by molar-refractivity contribution is 5.83. The minimum atomic E-state index is -0.969. The number of carbonyl (C=O) groups excluding carboxylic acids is 1. The van der Waals surface area contributed by atoms with Crippen LogP contribution in [-0.4, -0.2) is 36.1 Å². The lowest BCUT2D eigenvalue weighted by atomic mass is 10.0. The Bertz CT molecular complexity index is 470. The number of benzene rings is 1. The monoisotopic (exact) mass is 290 g/mol. The predicted octanol–water partition coefficient (Wildman–Crippen LogP) is 1.19. The van der Waals surface area contributed by atoms with Crippen LogP contribution in [0.4, 0.5) is 0 Å². The summed E-state index contributed by atoms with van der Waals surface area (Å²) in [6, 6.07) is 8.89. The maximum atomic E-state index is 11.9. The Morgan fingerprint density at radius 1 is 1.33 bits per heavy atom. The van der Waals surface area contributed by atoms with E-state index in [4.69, 9.17) is 0 Å². The van der Waals surface area contributed by atoms with E-state index in [0.29, 0.717) is 25.2 Å². The largest absolute Gasteiger partial charge is 0.480 e. The molecule has 1 amide bonds. The number of carboxylic acid groups (broad SMARTS) is 1. The van der Waals surface area contributed by atoms with Gasteiger partial charge in [0.2, 0.25) is 5.91 Å². The van der Waals surface area contributed by atoms with Crippen molar-refractivity contribution in [2.75, 3.05) is 13.1 Å². The normalized spacial score (nSPS) is 19.1. The molecule has 114 valence electrons. The highest BCUT2D eigenvalue weighted by atomic mass is 16.4. The maximum absolute atomic E-state index is 11.9. The van der Waals surface area contributed by atoms with Gasteiger partial charge in [-0.1, -0.05) is 30.3 Å². The maximum Gasteiger partial charge on any atom is 0.326 e. The van der Waals surface area contributed by atoms with Gasteiger partial charge in [0.1, 0.15) is 6.04 Å². The van der Waals surface area contributed by atoms with Crippen LogP contribution in [0.15, 0.2) is 30.3 Å². The summed E-state index contributed by atoms with van der Waals surface area (Å²) in [6.45, 7) is 1.78. The molecule has 2 rings (SSSR count). The number of rotatable bonds is 7. The minimum absolute atomic E-state index is 0.163. The molecule has 5 heteroatoms. The number of nitrogens with one attached hydrogen (secondary N) is 2. The molecule has 1 aromatic carbocycles. The van der Waals surface area contributed by atoms with Gasteiger partial charge in [-0.3, -0.25) is 4.79 Å². The molecule has 1 aliphatic heterocycles. The lowest BCUT2D eigenvalue weighted by Crippen LogP contribution is -2.41. The van der Waals surface area contributed by atoms with E-state index >= 15 is 0 Å². The molecule has 5 nitrogen and oxygen atoms in total. The van der Waals surface area contributed by atoms with Gasteiger partial charge in [-0.05, 0) is 43.8 Å². The van der Waals surface area contributed by atoms with Gasteiger partial charge in [-0.15, -0.1) is 0 Å². The standard InChI is InChI=1S/C16H22N2O3/c19-15(10-13-8-9-17-11-13)18-14(16(20)21)7-6-12-4-2-1-3-5-12/h1-5,13-14,17H,6-11H2,(H,18,19)(H,20,21)/t13?,14-/m0/s1. The van der Waals surface area contributed by atoms with Gasteiger partial charge < -0.3 is 15.7 Å². The molecule has 0 aliphatic carbocycles. The smallest absolute Gasteiger partial charge is 0.326 e. The quantitative estimate of drug-likeness (QED) is 0.705. The highest BCUT2D eigenvalue weighted by Crippen LogP contribution is 2.12. The van der Waals surface area contributed by atoms with Crippen LogP contribution in [-0.2, 0) is 16.0 Å². The fraction of sp³-hybridized carbons (Fsp3) is 0.500. The van der Waals surface area contributed by atoms with Crippen LogP contribution in [0.2, 0.25) is 0 Å². The van der Waals surface area contributed by atoms with Crippen LogP contribution in [0.1, 0.15) is 24.8 Å². The summed E-state index contributed by atoms with van der Waals surface area (Å²) in [5.41, 5.74) is 1.08. The number of hydrogen-bond acceptors (Lipinski definition) is 3. The van der Waals surface area contributed by atoms with Crippen LogP contribution in [0.25, 0.3) is 0 Å². The van der Waals surface area contributed by atoms with Crippen molar-refractivity contribution < 1.29 is 14.7 Å². The average Bonchev–Trinajstić information content (AvgIpc) is 2.97. The molecule has 21 heavy (non-hydrogen) atoms. The van der Waals surface area contributed by atoms with E-state index in [1.165, 1.54) is 0 Å². The van der Waals surface area contributed by atoms with E-state index in [0.717, 1.165) is 25.1 Å². The number of carbonyl (C=O) groups is 2. The van der Waals surface area contributed by atoms with Crippen molar-refractivity contribution >= 4 is 11.9 Å². The Balaban J connectivity index is 1.81. The zero-order valence-corrected chi connectivity index (χ0v) is 12.0. The van der Waals surface area contributed by atoms with Gasteiger partial charge in [0.05, 0.1) is 0 Å². The lowest BCUT2D eigenvalue weighted by Gasteiger charge is -2.16. The predicted molar refractivity (Wildman–Crippen MR) is 79.9 cm³/mol. The van der Waals surface area contributed by atoms with Crippen LogP contribution < -0.4 is 10.6 Å². The number of aryl methyl sites for hydroxylation is 1. The van der Waals surface area contributed by atoms with Gasteiger partial charge in [-0.2, -0.15) is 0 Å². The van der Waals surface area contributed by atoms with Gasteiger partial charge in [0, 0.05) is 6.42 Å². The molecule has 1 heterocycles. The summed E-state index contributed by atoms with van der Waals surface area (Å²) in [5.74, 6) is -0.804. The molecule has 3 N–H and O–H groups in total. The Morgan fingerprint density at radius 2 is 2.10 bits per heavy atom. The summed E-state index contributed by atoms with van der Waals surface area (Å²) in [5, 5.41) is 15.1. The minimum Gasteiger partial charge on any atom is -0.480 e. The second kappa shape index (κ2) is 7.78. The number of aliphatic carboxylic acids is 1. The zero-order valence-electron chi connectivity index (χ0n) is 12.0. The molecule has 0 spiro atoms. The molecule has 1 fully saturated rings. The van der Waals surface area contributed by atoms with Crippen LogP contribution in [0, 0.1) is 5.92 Å². The molecule has 2 atom stereocenters. The SMILES string of the molecule is O=C(CC1CCNC1)N[C@@H](CCc1ccccc1)C(=O)O. The van der Waals surface area contributed by atoms with E-state index in [1.54, 1.807) is 0 Å². The molecule has 1 aliphatic rings. The Morgan fingerprint density at radius 3 is 2.71 bits per heavy atom. The third-order valence-electron chi connectivity index (χ3n) is 3.83. The first kappa shape index (κ1) is 15.5. The van der Waals surface area contributed by atoms with Crippen molar-refractivity contribution in [3.63, 3.8) is 0 Å². The van der Waals surface area contributed by atoms with E-state index in [2.05, 4.69) is 10.6 Å². The number of amides is 1. The highest BCUT2D eigenvalue weighted by Gasteiger charge is 2.23. The van der Waals surface area contributed by atoms with Crippen molar-refractivity contribution in [3.05, 3.63) is 35.9 Å². The van der Waals surface area contributed by atoms with Crippen LogP contribution in [0.5, 0.6) is 0 Å². The van der Waals surface area contributed by atoms with Crippen molar-refractivity contribution in [2.24, 2.45) is 5.92 Å². The van der Waals surface area contributed by atoms with Gasteiger partial charge in [0.15, 0.2) is 0 Å². The fourth-order valence-electron chi connectivity index (χ4n) is 2.62. The van der Waals surface area contributed by atoms with Crippen molar-refractivity contribution in [1.29, 1.82) is 0 Å². The number of hydrogen-bond donors (Lipinski definition) is 3. The second-order valence-corrected chi connectivity index (χ2v) is 5.55. The molecule has 1 saturated heterocycles.